The lowest BCUT2D eigenvalue weighted by molar-refractivity contribution is 0.0530. The number of nitrogens with zero attached hydrogens (tertiary/aromatic N) is 2. The van der Waals surface area contributed by atoms with Crippen molar-refractivity contribution in [3.63, 3.8) is 0 Å². The number of hydrogen-bond donors (Lipinski definition) is 2. The number of amides is 2. The number of methoxy groups -OCH3 is 1. The zero-order chi connectivity index (χ0) is 27.7. The van der Waals surface area contributed by atoms with Crippen LogP contribution in [0.15, 0.2) is 24.3 Å². The average molecular weight is 462 g/mol. The van der Waals surface area contributed by atoms with E-state index in [-0.39, 0.29) is 17.3 Å². The summed E-state index contributed by atoms with van der Waals surface area (Å²) in [6, 6.07) is 4.12. The lowest BCUT2D eigenvalue weighted by atomic mass is 10.0. The first-order valence-electron chi connectivity index (χ1n) is 10.9. The van der Waals surface area contributed by atoms with Crippen molar-refractivity contribution in [2.75, 3.05) is 19.4 Å². The van der Waals surface area contributed by atoms with E-state index >= 15 is 0 Å². The molecule has 8 nitrogen and oxygen atoms in total. The largest absolute Gasteiger partial charge is 0.497 e. The highest BCUT2D eigenvalue weighted by atomic mass is 32.1. The molecule has 1 aromatic heterocycles. The van der Waals surface area contributed by atoms with E-state index in [2.05, 4.69) is 19.2 Å². The van der Waals surface area contributed by atoms with E-state index in [4.69, 9.17) is 8.22 Å². The van der Waals surface area contributed by atoms with Crippen molar-refractivity contribution in [3.05, 3.63) is 58.1 Å². The van der Waals surface area contributed by atoms with Crippen LogP contribution in [0, 0.1) is 23.3 Å². The highest BCUT2D eigenvalue weighted by Crippen LogP contribution is 2.36. The van der Waals surface area contributed by atoms with Gasteiger partial charge in [-0.05, 0) is 29.2 Å². The van der Waals surface area contributed by atoms with E-state index in [1.165, 1.54) is 5.48 Å². The summed E-state index contributed by atoms with van der Waals surface area (Å²) in [6.07, 6.45) is 0. The third kappa shape index (κ3) is 4.18. The zero-order valence-corrected chi connectivity index (χ0v) is 15.6. The SMILES string of the molecule is [2H]C([2H])([2H])ONC(=O)c1nnsc1C(=O)Nc1c(F)c(F)c(-c2cccc(OC([2H])([2H])[2H])c2)c(F)c1F. The third-order valence-electron chi connectivity index (χ3n) is 3.80. The fraction of sp³-hybridized carbons (Fsp3) is 0.111. The first-order chi connectivity index (χ1) is 17.1. The van der Waals surface area contributed by atoms with Gasteiger partial charge in [0.2, 0.25) is 0 Å². The maximum atomic E-state index is 14.8. The van der Waals surface area contributed by atoms with Crippen molar-refractivity contribution in [3.8, 4) is 16.9 Å². The Hall–Kier alpha value is -3.58. The van der Waals surface area contributed by atoms with Gasteiger partial charge in [-0.25, -0.2) is 23.0 Å². The molecule has 0 unspecified atom stereocenters. The zero-order valence-electron chi connectivity index (χ0n) is 20.8. The molecule has 2 N–H and O–H groups in total. The number of benzene rings is 2. The van der Waals surface area contributed by atoms with Crippen LogP contribution < -0.4 is 15.5 Å². The molecule has 3 aromatic rings. The minimum Gasteiger partial charge on any atom is -0.497 e. The number of nitrogens with one attached hydrogen (secondary N) is 2. The Morgan fingerprint density at radius 2 is 1.81 bits per heavy atom. The molecule has 2 aromatic carbocycles. The van der Waals surface area contributed by atoms with E-state index < -0.39 is 76.5 Å². The second kappa shape index (κ2) is 9.06. The van der Waals surface area contributed by atoms with E-state index in [0.717, 1.165) is 24.3 Å². The molecule has 0 aliphatic rings. The number of halogens is 4. The molecule has 162 valence electrons. The van der Waals surface area contributed by atoms with E-state index in [1.807, 2.05) is 0 Å². The Kier molecular flexibility index (Phi) is 4.46. The summed E-state index contributed by atoms with van der Waals surface area (Å²) < 4.78 is 109. The molecule has 0 bridgehead atoms. The van der Waals surface area contributed by atoms with Gasteiger partial charge in [0, 0.05) is 0 Å². The Balaban J connectivity index is 1.94. The van der Waals surface area contributed by atoms with E-state index in [9.17, 15) is 27.2 Å². The first kappa shape index (κ1) is 15.3. The fourth-order valence-electron chi connectivity index (χ4n) is 2.46. The van der Waals surface area contributed by atoms with Crippen LogP contribution in [0.2, 0.25) is 0 Å². The number of aromatic nitrogens is 2. The molecule has 1 heterocycles. The molecule has 0 spiro atoms. The van der Waals surface area contributed by atoms with Crippen molar-refractivity contribution in [1.82, 2.24) is 15.1 Å². The Morgan fingerprint density at radius 3 is 2.48 bits per heavy atom. The van der Waals surface area contributed by atoms with Crippen LogP contribution in [0.25, 0.3) is 11.1 Å². The lowest BCUT2D eigenvalue weighted by Gasteiger charge is -2.13. The maximum absolute atomic E-state index is 14.8. The van der Waals surface area contributed by atoms with Crippen LogP contribution in [0.1, 0.15) is 28.4 Å². The predicted molar refractivity (Wildman–Crippen MR) is 101 cm³/mol. The molecular weight excluding hydrogens is 444 g/mol. The molecule has 31 heavy (non-hydrogen) atoms. The quantitative estimate of drug-likeness (QED) is 0.331. The minimum atomic E-state index is -3.05. The molecule has 2 amide bonds. The average Bonchev–Trinajstić information content (AvgIpc) is 3.28. The molecule has 0 saturated heterocycles. The van der Waals surface area contributed by atoms with Crippen LogP contribution in [-0.2, 0) is 4.84 Å². The lowest BCUT2D eigenvalue weighted by Crippen LogP contribution is -2.25. The van der Waals surface area contributed by atoms with Crippen molar-refractivity contribution in [1.29, 1.82) is 0 Å². The molecule has 13 heteroatoms. The molecule has 0 aliphatic carbocycles. The standard InChI is InChI=1S/C18H12F4N4O4S/c1-29-8-5-3-4-7(6-8)9-10(19)12(21)14(13(22)11(9)20)23-18(28)16-15(24-26-31-16)17(27)25-30-2/h3-6H,1-2H3,(H,23,28)(H,25,27)/i1D3,2D3. The number of hydrogen-bond acceptors (Lipinski definition) is 7. The normalized spacial score (nSPS) is 14.3. The van der Waals surface area contributed by atoms with Gasteiger partial charge in [0.1, 0.15) is 16.3 Å². The summed E-state index contributed by atoms with van der Waals surface area (Å²) in [4.78, 5) is 27.9. The van der Waals surface area contributed by atoms with Crippen molar-refractivity contribution >= 4 is 29.0 Å². The second-order valence-corrected chi connectivity index (χ2v) is 6.33. The number of ether oxygens (including phenoxy) is 1. The molecular formula is C18H12F4N4O4S. The van der Waals surface area contributed by atoms with Crippen molar-refractivity contribution in [2.45, 2.75) is 0 Å². The van der Waals surface area contributed by atoms with Crippen LogP contribution in [0.5, 0.6) is 5.75 Å². The van der Waals surface area contributed by atoms with Crippen molar-refractivity contribution < 1.29 is 44.9 Å². The Labute approximate surface area is 184 Å². The van der Waals surface area contributed by atoms with Gasteiger partial charge in [0.05, 0.1) is 27.9 Å². The summed E-state index contributed by atoms with van der Waals surface area (Å²) in [5.41, 5.74) is -2.59. The first-order valence-corrected chi connectivity index (χ1v) is 8.64. The van der Waals surface area contributed by atoms with Crippen molar-refractivity contribution in [2.24, 2.45) is 0 Å². The van der Waals surface area contributed by atoms with Crippen LogP contribution in [-0.4, -0.2) is 35.5 Å². The molecule has 0 saturated carbocycles. The number of carbonyl (C=O) groups is 2. The summed E-state index contributed by atoms with van der Waals surface area (Å²) in [5.74, 6) is -11.1. The monoisotopic (exact) mass is 462 g/mol. The van der Waals surface area contributed by atoms with Crippen LogP contribution in [0.4, 0.5) is 23.2 Å². The Morgan fingerprint density at radius 1 is 1.06 bits per heavy atom. The van der Waals surface area contributed by atoms with Gasteiger partial charge in [-0.2, -0.15) is 0 Å². The number of rotatable bonds is 6. The molecule has 0 atom stereocenters. The Bertz CT molecular complexity index is 1340. The number of anilines is 1. The summed E-state index contributed by atoms with van der Waals surface area (Å²) >= 11 is 0.242. The summed E-state index contributed by atoms with van der Waals surface area (Å²) in [6.45, 7) is 0. The van der Waals surface area contributed by atoms with Gasteiger partial charge in [-0.15, -0.1) is 5.10 Å². The van der Waals surface area contributed by atoms with E-state index in [1.54, 1.807) is 5.32 Å². The maximum Gasteiger partial charge on any atom is 0.297 e. The van der Waals surface area contributed by atoms with Gasteiger partial charge < -0.3 is 10.1 Å². The third-order valence-corrected chi connectivity index (χ3v) is 4.52. The molecule has 0 fully saturated rings. The molecule has 3 rings (SSSR count). The topological polar surface area (TPSA) is 102 Å². The summed E-state index contributed by atoms with van der Waals surface area (Å²) in [5, 5.41) is 4.87. The highest BCUT2D eigenvalue weighted by Gasteiger charge is 2.30. The van der Waals surface area contributed by atoms with Gasteiger partial charge in [-0.1, -0.05) is 16.6 Å². The van der Waals surface area contributed by atoms with Gasteiger partial charge in [0.25, 0.3) is 11.8 Å². The second-order valence-electron chi connectivity index (χ2n) is 5.57. The molecule has 0 aliphatic heterocycles. The van der Waals surface area contributed by atoms with Crippen LogP contribution in [0.3, 0.4) is 0 Å². The smallest absolute Gasteiger partial charge is 0.297 e. The summed E-state index contributed by atoms with van der Waals surface area (Å²) in [7, 11) is -5.97. The number of carbonyl (C=O) groups excluding carboxylic acids is 2. The van der Waals surface area contributed by atoms with Gasteiger partial charge in [-0.3, -0.25) is 14.4 Å². The molecule has 0 radical (unpaired) electrons. The highest BCUT2D eigenvalue weighted by molar-refractivity contribution is 7.08. The number of hydroxylamine groups is 1. The minimum absolute atomic E-state index is 0.242. The van der Waals surface area contributed by atoms with Gasteiger partial charge >= 0.3 is 0 Å². The predicted octanol–water partition coefficient (Wildman–Crippen LogP) is 3.31. The van der Waals surface area contributed by atoms with Gasteiger partial charge in [0.15, 0.2) is 29.0 Å². The van der Waals surface area contributed by atoms with E-state index in [0.29, 0.717) is 0 Å². The van der Waals surface area contributed by atoms with Crippen LogP contribution >= 0.6 is 11.5 Å². The fourth-order valence-corrected chi connectivity index (χ4v) is 3.02.